The van der Waals surface area contributed by atoms with Gasteiger partial charge in [0.05, 0.1) is 0 Å². The lowest BCUT2D eigenvalue weighted by Crippen LogP contribution is -2.42. The second kappa shape index (κ2) is 5.57. The molecule has 0 aliphatic carbocycles. The fourth-order valence-electron chi connectivity index (χ4n) is 2.54. The summed E-state index contributed by atoms with van der Waals surface area (Å²) >= 11 is 0. The van der Waals surface area contributed by atoms with Crippen molar-refractivity contribution in [1.82, 2.24) is 5.32 Å². The van der Waals surface area contributed by atoms with E-state index < -0.39 is 0 Å². The third kappa shape index (κ3) is 3.40. The minimum Gasteiger partial charge on any atom is -0.326 e. The van der Waals surface area contributed by atoms with Crippen LogP contribution in [0, 0.1) is 5.41 Å². The van der Waals surface area contributed by atoms with Crippen molar-refractivity contribution in [3.05, 3.63) is 29.8 Å². The SMILES string of the molecule is CC1(C(=O)Nc2ccc(C(C)(C)C)cc2)CCNCC1. The summed E-state index contributed by atoms with van der Waals surface area (Å²) in [6.07, 6.45) is 1.80. The molecule has 1 aromatic carbocycles. The number of piperidine rings is 1. The smallest absolute Gasteiger partial charge is 0.230 e. The third-order valence-electron chi connectivity index (χ3n) is 4.26. The predicted octanol–water partition coefficient (Wildman–Crippen LogP) is 3.31. The quantitative estimate of drug-likeness (QED) is 0.868. The molecule has 3 nitrogen and oxygen atoms in total. The van der Waals surface area contributed by atoms with E-state index in [-0.39, 0.29) is 16.7 Å². The molecule has 2 rings (SSSR count). The number of nitrogens with one attached hydrogen (secondary N) is 2. The lowest BCUT2D eigenvalue weighted by molar-refractivity contribution is -0.126. The van der Waals surface area contributed by atoms with Crippen LogP contribution in [-0.4, -0.2) is 19.0 Å². The number of carbonyl (C=O) groups excluding carboxylic acids is 1. The fraction of sp³-hybridized carbons (Fsp3) is 0.588. The summed E-state index contributed by atoms with van der Waals surface area (Å²) in [4.78, 5) is 12.4. The lowest BCUT2D eigenvalue weighted by atomic mass is 9.80. The van der Waals surface area contributed by atoms with Crippen molar-refractivity contribution in [2.75, 3.05) is 18.4 Å². The maximum Gasteiger partial charge on any atom is 0.230 e. The molecule has 0 spiro atoms. The molecule has 1 aliphatic rings. The van der Waals surface area contributed by atoms with Crippen LogP contribution in [0.1, 0.15) is 46.1 Å². The number of amides is 1. The van der Waals surface area contributed by atoms with Gasteiger partial charge in [0.15, 0.2) is 0 Å². The Hall–Kier alpha value is -1.35. The summed E-state index contributed by atoms with van der Waals surface area (Å²) in [5.41, 5.74) is 2.07. The zero-order chi connectivity index (χ0) is 14.8. The zero-order valence-corrected chi connectivity index (χ0v) is 13.0. The van der Waals surface area contributed by atoms with E-state index >= 15 is 0 Å². The molecule has 110 valence electrons. The summed E-state index contributed by atoms with van der Waals surface area (Å²) in [6, 6.07) is 8.20. The van der Waals surface area contributed by atoms with Crippen molar-refractivity contribution in [3.63, 3.8) is 0 Å². The number of benzene rings is 1. The van der Waals surface area contributed by atoms with Gasteiger partial charge in [-0.1, -0.05) is 39.8 Å². The van der Waals surface area contributed by atoms with Gasteiger partial charge in [-0.05, 0) is 49.0 Å². The highest BCUT2D eigenvalue weighted by atomic mass is 16.2. The summed E-state index contributed by atoms with van der Waals surface area (Å²) < 4.78 is 0. The molecule has 1 saturated heterocycles. The molecule has 1 heterocycles. The summed E-state index contributed by atoms with van der Waals surface area (Å²) in [7, 11) is 0. The maximum atomic E-state index is 12.4. The first-order valence-electron chi connectivity index (χ1n) is 7.44. The van der Waals surface area contributed by atoms with Crippen molar-refractivity contribution in [3.8, 4) is 0 Å². The van der Waals surface area contributed by atoms with Gasteiger partial charge in [-0.3, -0.25) is 4.79 Å². The van der Waals surface area contributed by atoms with Gasteiger partial charge in [-0.2, -0.15) is 0 Å². The summed E-state index contributed by atoms with van der Waals surface area (Å²) in [5, 5.41) is 6.37. The van der Waals surface area contributed by atoms with Crippen molar-refractivity contribution in [2.45, 2.75) is 46.0 Å². The van der Waals surface area contributed by atoms with Crippen molar-refractivity contribution in [2.24, 2.45) is 5.41 Å². The maximum absolute atomic E-state index is 12.4. The Morgan fingerprint density at radius 1 is 1.15 bits per heavy atom. The fourth-order valence-corrected chi connectivity index (χ4v) is 2.54. The highest BCUT2D eigenvalue weighted by Crippen LogP contribution is 2.30. The Bertz CT molecular complexity index is 465. The molecule has 0 atom stereocenters. The van der Waals surface area contributed by atoms with Gasteiger partial charge in [0.1, 0.15) is 0 Å². The second-order valence-electron chi connectivity index (χ2n) is 7.09. The summed E-state index contributed by atoms with van der Waals surface area (Å²) in [6.45, 7) is 10.5. The molecule has 2 N–H and O–H groups in total. The number of carbonyl (C=O) groups is 1. The van der Waals surface area contributed by atoms with Crippen LogP contribution in [-0.2, 0) is 10.2 Å². The van der Waals surface area contributed by atoms with Crippen molar-refractivity contribution < 1.29 is 4.79 Å². The van der Waals surface area contributed by atoms with Crippen molar-refractivity contribution in [1.29, 1.82) is 0 Å². The molecule has 1 fully saturated rings. The minimum atomic E-state index is -0.242. The molecule has 0 unspecified atom stereocenters. The van der Waals surface area contributed by atoms with Crippen LogP contribution in [0.5, 0.6) is 0 Å². The van der Waals surface area contributed by atoms with Crippen LogP contribution < -0.4 is 10.6 Å². The number of hydrogen-bond donors (Lipinski definition) is 2. The first-order valence-corrected chi connectivity index (χ1v) is 7.44. The molecular weight excluding hydrogens is 248 g/mol. The van der Waals surface area contributed by atoms with E-state index in [0.29, 0.717) is 0 Å². The van der Waals surface area contributed by atoms with Gasteiger partial charge in [-0.15, -0.1) is 0 Å². The molecule has 0 saturated carbocycles. The molecule has 0 bridgehead atoms. The highest BCUT2D eigenvalue weighted by molar-refractivity contribution is 5.95. The Morgan fingerprint density at radius 2 is 1.70 bits per heavy atom. The van der Waals surface area contributed by atoms with Gasteiger partial charge in [0.25, 0.3) is 0 Å². The number of anilines is 1. The van der Waals surface area contributed by atoms with E-state index in [1.54, 1.807) is 0 Å². The first-order chi connectivity index (χ1) is 9.31. The summed E-state index contributed by atoms with van der Waals surface area (Å²) in [5.74, 6) is 0.141. The van der Waals surface area contributed by atoms with E-state index in [4.69, 9.17) is 0 Å². The lowest BCUT2D eigenvalue weighted by Gasteiger charge is -2.32. The molecule has 0 aromatic heterocycles. The molecule has 3 heteroatoms. The van der Waals surface area contributed by atoms with Gasteiger partial charge < -0.3 is 10.6 Å². The average Bonchev–Trinajstić information content (AvgIpc) is 2.39. The van der Waals surface area contributed by atoms with E-state index in [1.807, 2.05) is 12.1 Å². The average molecular weight is 274 g/mol. The Balaban J connectivity index is 2.04. The zero-order valence-electron chi connectivity index (χ0n) is 13.0. The number of hydrogen-bond acceptors (Lipinski definition) is 2. The van der Waals surface area contributed by atoms with Crippen LogP contribution in [0.2, 0.25) is 0 Å². The van der Waals surface area contributed by atoms with E-state index in [0.717, 1.165) is 31.6 Å². The molecule has 1 amide bonds. The monoisotopic (exact) mass is 274 g/mol. The number of rotatable bonds is 2. The van der Waals surface area contributed by atoms with Gasteiger partial charge in [-0.25, -0.2) is 0 Å². The minimum absolute atomic E-state index is 0.141. The largest absolute Gasteiger partial charge is 0.326 e. The Kier molecular flexibility index (Phi) is 4.19. The van der Waals surface area contributed by atoms with Crippen molar-refractivity contribution >= 4 is 11.6 Å². The van der Waals surface area contributed by atoms with Crippen LogP contribution in [0.4, 0.5) is 5.69 Å². The molecule has 1 aromatic rings. The normalized spacial score (nSPS) is 18.6. The Labute approximate surface area is 122 Å². The Morgan fingerprint density at radius 3 is 2.20 bits per heavy atom. The van der Waals surface area contributed by atoms with Crippen LogP contribution in [0.3, 0.4) is 0 Å². The molecule has 1 aliphatic heterocycles. The second-order valence-corrected chi connectivity index (χ2v) is 7.09. The van der Waals surface area contributed by atoms with Gasteiger partial charge in [0, 0.05) is 11.1 Å². The first kappa shape index (κ1) is 15.0. The molecule has 20 heavy (non-hydrogen) atoms. The van der Waals surface area contributed by atoms with Crippen LogP contribution in [0.25, 0.3) is 0 Å². The van der Waals surface area contributed by atoms with Gasteiger partial charge in [0.2, 0.25) is 5.91 Å². The van der Waals surface area contributed by atoms with Crippen LogP contribution >= 0.6 is 0 Å². The predicted molar refractivity (Wildman–Crippen MR) is 84.0 cm³/mol. The third-order valence-corrected chi connectivity index (χ3v) is 4.26. The van der Waals surface area contributed by atoms with E-state index in [2.05, 4.69) is 50.5 Å². The standard InChI is InChI=1S/C17H26N2O/c1-16(2,3)13-5-7-14(8-6-13)19-15(20)17(4)9-11-18-12-10-17/h5-8,18H,9-12H2,1-4H3,(H,19,20). The van der Waals surface area contributed by atoms with E-state index in [9.17, 15) is 4.79 Å². The highest BCUT2D eigenvalue weighted by Gasteiger charge is 2.34. The van der Waals surface area contributed by atoms with E-state index in [1.165, 1.54) is 5.56 Å². The topological polar surface area (TPSA) is 41.1 Å². The molecule has 0 radical (unpaired) electrons. The van der Waals surface area contributed by atoms with Crippen LogP contribution in [0.15, 0.2) is 24.3 Å². The molecular formula is C17H26N2O. The van der Waals surface area contributed by atoms with Gasteiger partial charge >= 0.3 is 0 Å².